The average molecular weight is 222 g/mol. The maximum absolute atomic E-state index is 10.0. The number of ether oxygens (including phenoxy) is 2. The van der Waals surface area contributed by atoms with Gasteiger partial charge in [-0.2, -0.15) is 0 Å². The van der Waals surface area contributed by atoms with Crippen molar-refractivity contribution < 1.29 is 14.6 Å². The second-order valence-corrected chi connectivity index (χ2v) is 4.43. The molecule has 0 amide bonds. The highest BCUT2D eigenvalue weighted by molar-refractivity contribution is 5.58. The van der Waals surface area contributed by atoms with Crippen LogP contribution >= 0.6 is 0 Å². The van der Waals surface area contributed by atoms with Gasteiger partial charge in [0.15, 0.2) is 6.29 Å². The number of benzene rings is 1. The highest BCUT2D eigenvalue weighted by Gasteiger charge is 2.29. The molecule has 0 fully saturated rings. The highest BCUT2D eigenvalue weighted by Crippen LogP contribution is 2.44. The van der Waals surface area contributed by atoms with Crippen molar-refractivity contribution in [1.82, 2.24) is 0 Å². The molecule has 0 spiro atoms. The quantitative estimate of drug-likeness (QED) is 0.733. The summed E-state index contributed by atoms with van der Waals surface area (Å²) >= 11 is 0. The number of phenols is 1. The van der Waals surface area contributed by atoms with Crippen molar-refractivity contribution in [3.05, 3.63) is 22.3 Å². The Bertz CT molecular complexity index is 438. The van der Waals surface area contributed by atoms with Gasteiger partial charge in [0, 0.05) is 11.1 Å². The fourth-order valence-electron chi connectivity index (χ4n) is 2.32. The third-order valence-corrected chi connectivity index (χ3v) is 3.35. The molecule has 1 N–H and O–H groups in total. The molecule has 3 nitrogen and oxygen atoms in total. The summed E-state index contributed by atoms with van der Waals surface area (Å²) in [5.74, 6) is 1.23. The first-order chi connectivity index (χ1) is 7.43. The van der Waals surface area contributed by atoms with Crippen molar-refractivity contribution in [2.45, 2.75) is 47.0 Å². The predicted octanol–water partition coefficient (Wildman–Crippen LogP) is 3.13. The van der Waals surface area contributed by atoms with Crippen LogP contribution in [0.5, 0.6) is 11.5 Å². The molecule has 1 heterocycles. The molecule has 3 heteroatoms. The Hall–Kier alpha value is -1.22. The smallest absolute Gasteiger partial charge is 0.197 e. The first-order valence-corrected chi connectivity index (χ1v) is 5.58. The van der Waals surface area contributed by atoms with Crippen LogP contribution in [0.1, 0.15) is 42.2 Å². The van der Waals surface area contributed by atoms with Gasteiger partial charge in [0.2, 0.25) is 0 Å². The largest absolute Gasteiger partial charge is 0.507 e. The number of rotatable bonds is 0. The molecule has 1 aliphatic heterocycles. The maximum atomic E-state index is 10.0. The fraction of sp³-hybridized carbons (Fsp3) is 0.538. The van der Waals surface area contributed by atoms with Crippen molar-refractivity contribution in [3.8, 4) is 11.5 Å². The van der Waals surface area contributed by atoms with E-state index in [1.807, 2.05) is 34.6 Å². The predicted molar refractivity (Wildman–Crippen MR) is 61.9 cm³/mol. The molecule has 1 aromatic rings. The van der Waals surface area contributed by atoms with E-state index in [9.17, 15) is 5.11 Å². The van der Waals surface area contributed by atoms with Crippen LogP contribution in [0.4, 0.5) is 0 Å². The van der Waals surface area contributed by atoms with Gasteiger partial charge in [-0.25, -0.2) is 0 Å². The maximum Gasteiger partial charge on any atom is 0.197 e. The van der Waals surface area contributed by atoms with Crippen LogP contribution in [0.2, 0.25) is 0 Å². The molecular weight excluding hydrogens is 204 g/mol. The van der Waals surface area contributed by atoms with Gasteiger partial charge in [0.1, 0.15) is 11.5 Å². The lowest BCUT2D eigenvalue weighted by Crippen LogP contribution is -2.26. The van der Waals surface area contributed by atoms with Crippen molar-refractivity contribution in [2.24, 2.45) is 0 Å². The standard InChI is InChI=1S/C13H18O3/c1-6-7(2)13-11(8(3)12(6)14)9(4)15-10(5)16-13/h9-10,14H,1-5H3/t9-,10-/m1/s1. The van der Waals surface area contributed by atoms with Crippen LogP contribution in [0, 0.1) is 20.8 Å². The lowest BCUT2D eigenvalue weighted by molar-refractivity contribution is -0.123. The van der Waals surface area contributed by atoms with E-state index in [1.54, 1.807) is 0 Å². The van der Waals surface area contributed by atoms with Crippen molar-refractivity contribution >= 4 is 0 Å². The Kier molecular flexibility index (Phi) is 2.58. The van der Waals surface area contributed by atoms with Gasteiger partial charge < -0.3 is 14.6 Å². The van der Waals surface area contributed by atoms with E-state index in [0.717, 1.165) is 28.0 Å². The highest BCUT2D eigenvalue weighted by atomic mass is 16.7. The summed E-state index contributed by atoms with van der Waals surface area (Å²) in [5.41, 5.74) is 3.72. The lowest BCUT2D eigenvalue weighted by atomic mass is 9.94. The Balaban J connectivity index is 2.71. The summed E-state index contributed by atoms with van der Waals surface area (Å²) in [7, 11) is 0. The van der Waals surface area contributed by atoms with E-state index >= 15 is 0 Å². The van der Waals surface area contributed by atoms with E-state index < -0.39 is 0 Å². The Morgan fingerprint density at radius 3 is 2.25 bits per heavy atom. The van der Waals surface area contributed by atoms with E-state index in [1.165, 1.54) is 0 Å². The molecule has 16 heavy (non-hydrogen) atoms. The van der Waals surface area contributed by atoms with Gasteiger partial charge in [-0.15, -0.1) is 0 Å². The molecule has 1 aromatic carbocycles. The van der Waals surface area contributed by atoms with Gasteiger partial charge in [-0.05, 0) is 45.7 Å². The minimum absolute atomic E-state index is 0.0380. The van der Waals surface area contributed by atoms with Crippen molar-refractivity contribution in [3.63, 3.8) is 0 Å². The topological polar surface area (TPSA) is 38.7 Å². The van der Waals surface area contributed by atoms with Gasteiger partial charge in [-0.1, -0.05) is 0 Å². The fourth-order valence-corrected chi connectivity index (χ4v) is 2.32. The molecular formula is C13H18O3. The number of hydrogen-bond acceptors (Lipinski definition) is 3. The molecule has 0 aromatic heterocycles. The van der Waals surface area contributed by atoms with Crippen LogP contribution in [0.25, 0.3) is 0 Å². The Labute approximate surface area is 96.0 Å². The third-order valence-electron chi connectivity index (χ3n) is 3.35. The molecule has 0 saturated heterocycles. The summed E-state index contributed by atoms with van der Waals surface area (Å²) in [6.07, 6.45) is -0.270. The summed E-state index contributed by atoms with van der Waals surface area (Å²) < 4.78 is 11.3. The van der Waals surface area contributed by atoms with Crippen LogP contribution in [0.15, 0.2) is 0 Å². The van der Waals surface area contributed by atoms with E-state index in [0.29, 0.717) is 5.75 Å². The zero-order chi connectivity index (χ0) is 12.0. The number of phenolic OH excluding ortho intramolecular Hbond substituents is 1. The van der Waals surface area contributed by atoms with Crippen LogP contribution in [0.3, 0.4) is 0 Å². The van der Waals surface area contributed by atoms with Gasteiger partial charge in [0.25, 0.3) is 0 Å². The molecule has 0 bridgehead atoms. The van der Waals surface area contributed by atoms with Crippen LogP contribution in [-0.4, -0.2) is 11.4 Å². The SMILES string of the molecule is Cc1c(C)c2c(c(C)c1O)[C@@H](C)O[C@@H](C)O2. The van der Waals surface area contributed by atoms with E-state index in [4.69, 9.17) is 9.47 Å². The summed E-state index contributed by atoms with van der Waals surface area (Å²) in [6.45, 7) is 9.65. The number of hydrogen-bond donors (Lipinski definition) is 1. The van der Waals surface area contributed by atoms with E-state index in [2.05, 4.69) is 0 Å². The summed E-state index contributed by atoms with van der Waals surface area (Å²) in [5, 5.41) is 10.0. The van der Waals surface area contributed by atoms with Crippen molar-refractivity contribution in [2.75, 3.05) is 0 Å². The van der Waals surface area contributed by atoms with Gasteiger partial charge in [-0.3, -0.25) is 0 Å². The monoisotopic (exact) mass is 222 g/mol. The first kappa shape index (κ1) is 11.3. The van der Waals surface area contributed by atoms with Crippen molar-refractivity contribution in [1.29, 1.82) is 0 Å². The molecule has 1 aliphatic rings. The number of fused-ring (bicyclic) bond motifs is 1. The Morgan fingerprint density at radius 1 is 1.00 bits per heavy atom. The zero-order valence-electron chi connectivity index (χ0n) is 10.4. The molecule has 2 rings (SSSR count). The molecule has 2 atom stereocenters. The average Bonchev–Trinajstić information content (AvgIpc) is 2.22. The second kappa shape index (κ2) is 3.67. The van der Waals surface area contributed by atoms with Gasteiger partial charge in [0.05, 0.1) is 6.10 Å². The first-order valence-electron chi connectivity index (χ1n) is 5.58. The molecule has 0 radical (unpaired) electrons. The van der Waals surface area contributed by atoms with Gasteiger partial charge >= 0.3 is 0 Å². The molecule has 88 valence electrons. The normalized spacial score (nSPS) is 23.8. The molecule has 0 unspecified atom stereocenters. The summed E-state index contributed by atoms with van der Waals surface area (Å²) in [4.78, 5) is 0. The van der Waals surface area contributed by atoms with Crippen LogP contribution < -0.4 is 4.74 Å². The minimum Gasteiger partial charge on any atom is -0.507 e. The van der Waals surface area contributed by atoms with E-state index in [-0.39, 0.29) is 12.4 Å². The molecule has 0 aliphatic carbocycles. The second-order valence-electron chi connectivity index (χ2n) is 4.43. The summed E-state index contributed by atoms with van der Waals surface area (Å²) in [6, 6.07) is 0. The molecule has 0 saturated carbocycles. The zero-order valence-corrected chi connectivity index (χ0v) is 10.4. The third kappa shape index (κ3) is 1.47. The Morgan fingerprint density at radius 2 is 1.62 bits per heavy atom. The lowest BCUT2D eigenvalue weighted by Gasteiger charge is -2.32. The number of aromatic hydroxyl groups is 1. The minimum atomic E-state index is -0.232. The van der Waals surface area contributed by atoms with Crippen LogP contribution in [-0.2, 0) is 4.74 Å².